The molecule has 0 saturated carbocycles. The number of hydrogen-bond acceptors (Lipinski definition) is 4. The van der Waals surface area contributed by atoms with Gasteiger partial charge in [-0.2, -0.15) is 0 Å². The second-order valence-corrected chi connectivity index (χ2v) is 6.57. The molecule has 1 atom stereocenters. The van der Waals surface area contributed by atoms with Gasteiger partial charge in [0, 0.05) is 24.2 Å². The Morgan fingerprint density at radius 1 is 1.22 bits per heavy atom. The molecule has 0 fully saturated rings. The minimum Gasteiger partial charge on any atom is -0.352 e. The van der Waals surface area contributed by atoms with Gasteiger partial charge in [0.25, 0.3) is 17.5 Å². The number of non-ortho nitro benzene ring substituents is 1. The molecule has 0 bridgehead atoms. The van der Waals surface area contributed by atoms with Crippen molar-refractivity contribution in [2.45, 2.75) is 20.3 Å². The van der Waals surface area contributed by atoms with E-state index in [1.54, 1.807) is 0 Å². The number of benzene rings is 2. The number of rotatable bonds is 5. The van der Waals surface area contributed by atoms with Crippen LogP contribution in [0.5, 0.6) is 0 Å². The molecule has 1 N–H and O–H groups in total. The minimum atomic E-state index is -0.547. The Kier molecular flexibility index (Phi) is 5.12. The normalized spacial score (nSPS) is 15.3. The first kappa shape index (κ1) is 18.4. The molecule has 138 valence electrons. The van der Waals surface area contributed by atoms with E-state index in [4.69, 9.17) is 0 Å². The van der Waals surface area contributed by atoms with Gasteiger partial charge in [0.05, 0.1) is 16.2 Å². The van der Waals surface area contributed by atoms with Crippen LogP contribution in [0.25, 0.3) is 6.08 Å². The standard InChI is InChI=1S/C20H19N3O4/c1-12-8-16-10-15(20(25)22-18(16)9-13(12)2)6-7-21-19(24)14-4-3-5-17(11-14)23(26)27/h3-5,8-11,15H,6-7H2,1-2H3,(H,21,24). The molecule has 7 heteroatoms. The van der Waals surface area contributed by atoms with Gasteiger partial charge >= 0.3 is 0 Å². The van der Waals surface area contributed by atoms with Gasteiger partial charge < -0.3 is 5.32 Å². The molecule has 0 saturated heterocycles. The average Bonchev–Trinajstić information content (AvgIpc) is 2.64. The summed E-state index contributed by atoms with van der Waals surface area (Å²) >= 11 is 0. The van der Waals surface area contributed by atoms with Crippen LogP contribution >= 0.6 is 0 Å². The molecule has 0 spiro atoms. The first-order chi connectivity index (χ1) is 12.8. The maximum Gasteiger partial charge on any atom is 0.270 e. The van der Waals surface area contributed by atoms with Crippen molar-refractivity contribution in [1.29, 1.82) is 0 Å². The van der Waals surface area contributed by atoms with Gasteiger partial charge in [-0.3, -0.25) is 19.7 Å². The van der Waals surface area contributed by atoms with Crippen molar-refractivity contribution < 1.29 is 14.5 Å². The van der Waals surface area contributed by atoms with E-state index in [-0.39, 0.29) is 23.7 Å². The summed E-state index contributed by atoms with van der Waals surface area (Å²) in [7, 11) is 0. The third-order valence-corrected chi connectivity index (χ3v) is 4.63. The number of amides is 2. The number of nitro groups is 1. The molecular weight excluding hydrogens is 346 g/mol. The number of carbonyl (C=O) groups is 2. The smallest absolute Gasteiger partial charge is 0.270 e. The molecule has 1 aliphatic heterocycles. The van der Waals surface area contributed by atoms with Crippen molar-refractivity contribution in [3.05, 3.63) is 73.8 Å². The number of fused-ring (bicyclic) bond motifs is 1. The predicted octanol–water partition coefficient (Wildman–Crippen LogP) is 1.59. The summed E-state index contributed by atoms with van der Waals surface area (Å²) in [5.74, 6) is -1.04. The fourth-order valence-electron chi connectivity index (χ4n) is 2.95. The minimum absolute atomic E-state index is 0.139. The summed E-state index contributed by atoms with van der Waals surface area (Å²) in [6, 6.07) is 9.44. The molecule has 0 radical (unpaired) electrons. The highest BCUT2D eigenvalue weighted by Crippen LogP contribution is 2.14. The first-order valence-corrected chi connectivity index (χ1v) is 8.59. The van der Waals surface area contributed by atoms with Crippen LogP contribution in [-0.2, 0) is 4.79 Å². The molecule has 1 heterocycles. The molecule has 0 aliphatic carbocycles. The molecule has 2 aromatic carbocycles. The quantitative estimate of drug-likeness (QED) is 0.642. The molecule has 0 aromatic heterocycles. The van der Waals surface area contributed by atoms with Crippen LogP contribution in [0.3, 0.4) is 0 Å². The molecule has 1 aliphatic rings. The van der Waals surface area contributed by atoms with E-state index in [0.29, 0.717) is 11.8 Å². The highest BCUT2D eigenvalue weighted by Gasteiger charge is 2.19. The number of carbonyl (C=O) groups excluding carboxylic acids is 2. The Hall–Kier alpha value is -3.35. The van der Waals surface area contributed by atoms with E-state index in [1.165, 1.54) is 24.3 Å². The van der Waals surface area contributed by atoms with Crippen molar-refractivity contribution >= 4 is 23.6 Å². The fourth-order valence-corrected chi connectivity index (χ4v) is 2.95. The highest BCUT2D eigenvalue weighted by atomic mass is 16.6. The third kappa shape index (κ3) is 4.08. The van der Waals surface area contributed by atoms with Gasteiger partial charge in [0.15, 0.2) is 0 Å². The highest BCUT2D eigenvalue weighted by molar-refractivity contribution is 5.94. The SMILES string of the molecule is Cc1cc2c(cc1C)=NC(=O)C(CCNC(=O)c1cccc([N+](=O)[O-])c1)C=2. The first-order valence-electron chi connectivity index (χ1n) is 8.59. The molecule has 7 nitrogen and oxygen atoms in total. The molecule has 1 unspecified atom stereocenters. The van der Waals surface area contributed by atoms with Gasteiger partial charge in [-0.05, 0) is 54.8 Å². The third-order valence-electron chi connectivity index (χ3n) is 4.63. The second-order valence-electron chi connectivity index (χ2n) is 6.57. The van der Waals surface area contributed by atoms with E-state index in [2.05, 4.69) is 10.3 Å². The lowest BCUT2D eigenvalue weighted by molar-refractivity contribution is -0.384. The Labute approximate surface area is 155 Å². The summed E-state index contributed by atoms with van der Waals surface area (Å²) in [6.07, 6.45) is 2.30. The number of aryl methyl sites for hydroxylation is 2. The topological polar surface area (TPSA) is 102 Å². The second kappa shape index (κ2) is 7.49. The lowest BCUT2D eigenvalue weighted by Gasteiger charge is -2.13. The van der Waals surface area contributed by atoms with Gasteiger partial charge in [-0.25, -0.2) is 4.99 Å². The van der Waals surface area contributed by atoms with E-state index < -0.39 is 16.7 Å². The van der Waals surface area contributed by atoms with Crippen LogP contribution in [-0.4, -0.2) is 23.3 Å². The van der Waals surface area contributed by atoms with Crippen LogP contribution in [0.2, 0.25) is 0 Å². The maximum absolute atomic E-state index is 12.2. The Bertz CT molecular complexity index is 1060. The van der Waals surface area contributed by atoms with Crippen molar-refractivity contribution in [3.8, 4) is 0 Å². The molecule has 3 rings (SSSR count). The Morgan fingerprint density at radius 3 is 2.70 bits per heavy atom. The predicted molar refractivity (Wildman–Crippen MR) is 99.7 cm³/mol. The molecule has 2 amide bonds. The summed E-state index contributed by atoms with van der Waals surface area (Å²) in [5, 5.41) is 15.1. The van der Waals surface area contributed by atoms with Crippen LogP contribution < -0.4 is 15.9 Å². The van der Waals surface area contributed by atoms with Crippen LogP contribution in [0, 0.1) is 29.9 Å². The summed E-state index contributed by atoms with van der Waals surface area (Å²) < 4.78 is 0. The van der Waals surface area contributed by atoms with Gasteiger partial charge in [-0.1, -0.05) is 12.1 Å². The van der Waals surface area contributed by atoms with E-state index in [1.807, 2.05) is 32.1 Å². The molecular formula is C20H19N3O4. The zero-order valence-corrected chi connectivity index (χ0v) is 15.1. The van der Waals surface area contributed by atoms with Crippen molar-refractivity contribution in [2.24, 2.45) is 10.9 Å². The number of nitro benzene ring substituents is 1. The molecule has 2 aromatic rings. The molecule has 27 heavy (non-hydrogen) atoms. The number of nitrogens with one attached hydrogen (secondary N) is 1. The average molecular weight is 365 g/mol. The monoisotopic (exact) mass is 365 g/mol. The maximum atomic E-state index is 12.2. The van der Waals surface area contributed by atoms with Gasteiger partial charge in [-0.15, -0.1) is 0 Å². The lowest BCUT2D eigenvalue weighted by atomic mass is 9.98. The Morgan fingerprint density at radius 2 is 1.96 bits per heavy atom. The van der Waals surface area contributed by atoms with E-state index in [0.717, 1.165) is 16.3 Å². The fraction of sp³-hybridized carbons (Fsp3) is 0.250. The summed E-state index contributed by atoms with van der Waals surface area (Å²) in [6.45, 7) is 4.25. The van der Waals surface area contributed by atoms with Crippen molar-refractivity contribution in [1.82, 2.24) is 5.32 Å². The summed E-state index contributed by atoms with van der Waals surface area (Å²) in [5.41, 5.74) is 2.29. The van der Waals surface area contributed by atoms with Crippen LogP contribution in [0.15, 0.2) is 41.4 Å². The summed E-state index contributed by atoms with van der Waals surface area (Å²) in [4.78, 5) is 38.8. The van der Waals surface area contributed by atoms with Crippen LogP contribution in [0.1, 0.15) is 27.9 Å². The Balaban J connectivity index is 1.67. The zero-order valence-electron chi connectivity index (χ0n) is 15.1. The van der Waals surface area contributed by atoms with Gasteiger partial charge in [0.1, 0.15) is 0 Å². The van der Waals surface area contributed by atoms with Crippen molar-refractivity contribution in [3.63, 3.8) is 0 Å². The van der Waals surface area contributed by atoms with E-state index in [9.17, 15) is 19.7 Å². The lowest BCUT2D eigenvalue weighted by Crippen LogP contribution is -2.36. The number of hydrogen-bond donors (Lipinski definition) is 1. The van der Waals surface area contributed by atoms with E-state index >= 15 is 0 Å². The van der Waals surface area contributed by atoms with Crippen molar-refractivity contribution in [2.75, 3.05) is 6.54 Å². The zero-order chi connectivity index (χ0) is 19.6. The van der Waals surface area contributed by atoms with Gasteiger partial charge in [0.2, 0.25) is 0 Å². The largest absolute Gasteiger partial charge is 0.352 e. The van der Waals surface area contributed by atoms with Crippen LogP contribution in [0.4, 0.5) is 5.69 Å². The number of nitrogens with zero attached hydrogens (tertiary/aromatic N) is 2.